The van der Waals surface area contributed by atoms with Crippen LogP contribution in [0.25, 0.3) is 0 Å². The Morgan fingerprint density at radius 2 is 2.03 bits per heavy atom. The minimum atomic E-state index is -4.06. The van der Waals surface area contributed by atoms with Gasteiger partial charge in [0.25, 0.3) is 0 Å². The third kappa shape index (κ3) is 4.63. The van der Waals surface area contributed by atoms with Crippen LogP contribution in [0.15, 0.2) is 36.5 Å². The molecule has 1 amide bonds. The summed E-state index contributed by atoms with van der Waals surface area (Å²) in [6.07, 6.45) is -0.0993. The number of halogens is 4. The van der Waals surface area contributed by atoms with E-state index in [-0.39, 0.29) is 31.0 Å². The predicted octanol–water partition coefficient (Wildman–Crippen LogP) is 4.26. The number of nitrogens with zero attached hydrogens (tertiary/aromatic N) is 4. The van der Waals surface area contributed by atoms with E-state index in [0.717, 1.165) is 35.6 Å². The first-order valence-electron chi connectivity index (χ1n) is 12.7. The van der Waals surface area contributed by atoms with Crippen LogP contribution in [-0.4, -0.2) is 73.1 Å². The summed E-state index contributed by atoms with van der Waals surface area (Å²) in [7, 11) is 0. The van der Waals surface area contributed by atoms with Crippen molar-refractivity contribution < 1.29 is 27.1 Å². The van der Waals surface area contributed by atoms with Gasteiger partial charge in [-0.25, -0.2) is 13.8 Å². The normalized spacial score (nSPS) is 24.1. The second kappa shape index (κ2) is 9.43. The van der Waals surface area contributed by atoms with Gasteiger partial charge in [-0.05, 0) is 56.6 Å². The summed E-state index contributed by atoms with van der Waals surface area (Å²) in [5.74, 6) is -3.85. The zero-order valence-corrected chi connectivity index (χ0v) is 20.3. The second-order valence-corrected chi connectivity index (χ2v) is 10.4. The highest BCUT2D eigenvalue weighted by Crippen LogP contribution is 2.41. The number of hydrogen-bond acceptors (Lipinski definition) is 6. The third-order valence-corrected chi connectivity index (χ3v) is 7.93. The van der Waals surface area contributed by atoms with Crippen molar-refractivity contribution in [3.8, 4) is 0 Å². The molecule has 7 nitrogen and oxygen atoms in total. The van der Waals surface area contributed by atoms with E-state index in [1.165, 1.54) is 4.90 Å². The van der Waals surface area contributed by atoms with Gasteiger partial charge in [0, 0.05) is 29.9 Å². The fraction of sp³-hybridized carbons (Fsp3) is 0.538. The summed E-state index contributed by atoms with van der Waals surface area (Å²) < 4.78 is 58.2. The molecule has 1 aromatic heterocycles. The van der Waals surface area contributed by atoms with Gasteiger partial charge in [0.15, 0.2) is 0 Å². The summed E-state index contributed by atoms with van der Waals surface area (Å²) in [5.41, 5.74) is 3.41. The van der Waals surface area contributed by atoms with Crippen molar-refractivity contribution in [2.45, 2.75) is 50.3 Å². The molecular weight excluding hydrogens is 490 g/mol. The molecular formula is C26H29F4N5O2. The zero-order chi connectivity index (χ0) is 25.7. The van der Waals surface area contributed by atoms with Gasteiger partial charge in [-0.1, -0.05) is 6.07 Å². The van der Waals surface area contributed by atoms with Crippen LogP contribution < -0.4 is 15.1 Å². The number of likely N-dealkylation sites (tertiary alicyclic amines) is 1. The number of ether oxygens (including phenoxy) is 1. The Bertz CT molecular complexity index is 1170. The summed E-state index contributed by atoms with van der Waals surface area (Å²) in [5, 5.41) is 3.38. The van der Waals surface area contributed by atoms with Crippen LogP contribution in [0.1, 0.15) is 24.8 Å². The predicted molar refractivity (Wildman–Crippen MR) is 131 cm³/mol. The Kier molecular flexibility index (Phi) is 6.22. The van der Waals surface area contributed by atoms with Gasteiger partial charge in [0.2, 0.25) is 5.91 Å². The standard InChI is InChI=1S/C26H29F4N5O2/c27-25(28)26(29,30)15-33-8-5-16(6-9-33)24(36)35-12-17-2-1-7-31-23(17)32-21-4-3-18(11-22(21)35)34-13-20-10-19(34)14-37-20/h1-4,7,11,16,19-20,25H,5-6,8-10,12-15H2,(H,31,32)/t19-,20-/m0/s1. The van der Waals surface area contributed by atoms with Crippen LogP contribution in [0.3, 0.4) is 0 Å². The zero-order valence-electron chi connectivity index (χ0n) is 20.3. The third-order valence-electron chi connectivity index (χ3n) is 7.93. The smallest absolute Gasteiger partial charge is 0.319 e. The van der Waals surface area contributed by atoms with Crippen LogP contribution in [0, 0.1) is 5.92 Å². The minimum absolute atomic E-state index is 0.0940. The number of benzene rings is 1. The summed E-state index contributed by atoms with van der Waals surface area (Å²) in [6.45, 7) is 1.19. The quantitative estimate of drug-likeness (QED) is 0.596. The number of carbonyl (C=O) groups excluding carboxylic acids is 1. The monoisotopic (exact) mass is 519 g/mol. The number of nitrogens with one attached hydrogen (secondary N) is 1. The SMILES string of the molecule is O=C(C1CCN(CC(F)(F)C(F)F)CC1)N1Cc2cccnc2Nc2ccc(N3C[C@@H]4C[C@H]3CO4)cc21. The van der Waals surface area contributed by atoms with Gasteiger partial charge in [-0.2, -0.15) is 8.78 Å². The van der Waals surface area contributed by atoms with E-state index in [1.54, 1.807) is 11.1 Å². The first-order chi connectivity index (χ1) is 17.8. The number of aromatic nitrogens is 1. The van der Waals surface area contributed by atoms with Gasteiger partial charge in [-0.3, -0.25) is 9.69 Å². The molecule has 2 atom stereocenters. The lowest BCUT2D eigenvalue weighted by Gasteiger charge is -2.36. The molecule has 6 rings (SSSR count). The molecule has 2 aromatic rings. The second-order valence-electron chi connectivity index (χ2n) is 10.4. The molecule has 2 bridgehead atoms. The molecule has 5 heterocycles. The highest BCUT2D eigenvalue weighted by molar-refractivity contribution is 6.00. The number of amides is 1. The molecule has 0 unspecified atom stereocenters. The minimum Gasteiger partial charge on any atom is -0.374 e. The molecule has 4 aliphatic heterocycles. The molecule has 198 valence electrons. The van der Waals surface area contributed by atoms with Gasteiger partial charge >= 0.3 is 12.3 Å². The maximum Gasteiger partial charge on any atom is 0.319 e. The number of rotatable bonds is 5. The Labute approximate surface area is 212 Å². The average molecular weight is 520 g/mol. The van der Waals surface area contributed by atoms with Gasteiger partial charge in [0.1, 0.15) is 5.82 Å². The van der Waals surface area contributed by atoms with Crippen LogP contribution in [0.4, 0.5) is 40.4 Å². The lowest BCUT2D eigenvalue weighted by Crippen LogP contribution is -2.47. The van der Waals surface area contributed by atoms with E-state index < -0.39 is 18.9 Å². The van der Waals surface area contributed by atoms with Crippen molar-refractivity contribution in [3.63, 3.8) is 0 Å². The van der Waals surface area contributed by atoms with E-state index in [1.807, 2.05) is 30.3 Å². The first-order valence-corrected chi connectivity index (χ1v) is 12.7. The number of fused-ring (bicyclic) bond motifs is 4. The molecule has 4 aliphatic rings. The van der Waals surface area contributed by atoms with E-state index >= 15 is 0 Å². The number of alkyl halides is 4. The molecule has 37 heavy (non-hydrogen) atoms. The molecule has 1 N–H and O–H groups in total. The Morgan fingerprint density at radius 1 is 1.22 bits per heavy atom. The van der Waals surface area contributed by atoms with Gasteiger partial charge < -0.3 is 19.9 Å². The van der Waals surface area contributed by atoms with Crippen molar-refractivity contribution in [1.29, 1.82) is 0 Å². The summed E-state index contributed by atoms with van der Waals surface area (Å²) in [4.78, 5) is 23.8. The van der Waals surface area contributed by atoms with Crippen molar-refractivity contribution in [3.05, 3.63) is 42.1 Å². The maximum atomic E-state index is 13.9. The number of piperidine rings is 1. The summed E-state index contributed by atoms with van der Waals surface area (Å²) >= 11 is 0. The van der Waals surface area contributed by atoms with E-state index in [9.17, 15) is 22.4 Å². The van der Waals surface area contributed by atoms with E-state index in [4.69, 9.17) is 4.74 Å². The molecule has 0 spiro atoms. The molecule has 1 aromatic carbocycles. The van der Waals surface area contributed by atoms with Crippen LogP contribution in [0.2, 0.25) is 0 Å². The molecule has 11 heteroatoms. The highest BCUT2D eigenvalue weighted by atomic mass is 19.3. The fourth-order valence-electron chi connectivity index (χ4n) is 5.93. The molecule has 3 saturated heterocycles. The maximum absolute atomic E-state index is 13.9. The van der Waals surface area contributed by atoms with Crippen LogP contribution in [-0.2, 0) is 16.1 Å². The lowest BCUT2D eigenvalue weighted by molar-refractivity contribution is -0.145. The van der Waals surface area contributed by atoms with Gasteiger partial charge in [-0.15, -0.1) is 0 Å². The van der Waals surface area contributed by atoms with Crippen molar-refractivity contribution >= 4 is 28.8 Å². The van der Waals surface area contributed by atoms with Crippen molar-refractivity contribution in [1.82, 2.24) is 9.88 Å². The highest BCUT2D eigenvalue weighted by Gasteiger charge is 2.44. The number of hydrogen-bond donors (Lipinski definition) is 1. The topological polar surface area (TPSA) is 60.9 Å². The number of anilines is 4. The molecule has 0 aliphatic carbocycles. The number of pyridine rings is 1. The fourth-order valence-corrected chi connectivity index (χ4v) is 5.93. The van der Waals surface area contributed by atoms with Crippen molar-refractivity contribution in [2.24, 2.45) is 5.92 Å². The molecule has 0 radical (unpaired) electrons. The van der Waals surface area contributed by atoms with E-state index in [0.29, 0.717) is 37.9 Å². The lowest BCUT2D eigenvalue weighted by atomic mass is 9.94. The van der Waals surface area contributed by atoms with E-state index in [2.05, 4.69) is 15.2 Å². The average Bonchev–Trinajstić information content (AvgIpc) is 3.48. The summed E-state index contributed by atoms with van der Waals surface area (Å²) in [6, 6.07) is 10.1. The Morgan fingerprint density at radius 3 is 2.73 bits per heavy atom. The first kappa shape index (κ1) is 24.4. The molecule has 3 fully saturated rings. The number of morpholine rings is 1. The Hall–Kier alpha value is -2.92. The van der Waals surface area contributed by atoms with Gasteiger partial charge in [0.05, 0.1) is 43.2 Å². The van der Waals surface area contributed by atoms with Crippen LogP contribution in [0.5, 0.6) is 0 Å². The number of carbonyl (C=O) groups is 1. The largest absolute Gasteiger partial charge is 0.374 e. The Balaban J connectivity index is 1.25. The molecule has 0 saturated carbocycles. The van der Waals surface area contributed by atoms with Crippen LogP contribution >= 0.6 is 0 Å². The van der Waals surface area contributed by atoms with Crippen molar-refractivity contribution in [2.75, 3.05) is 47.9 Å².